The largest absolute Gasteiger partial charge is 0.338 e. The van der Waals surface area contributed by atoms with E-state index in [0.717, 1.165) is 18.4 Å². The number of carbonyl (C=O) groups excluding carboxylic acids is 1. The molecule has 0 bridgehead atoms. The van der Waals surface area contributed by atoms with Crippen molar-refractivity contribution in [3.05, 3.63) is 29.8 Å². The average Bonchev–Trinajstić information content (AvgIpc) is 3.23. The summed E-state index contributed by atoms with van der Waals surface area (Å²) in [6.45, 7) is 4.63. The molecule has 1 atom stereocenters. The lowest BCUT2D eigenvalue weighted by atomic mass is 10.0. The van der Waals surface area contributed by atoms with Crippen LogP contribution in [0.25, 0.3) is 0 Å². The number of hydrogen-bond donors (Lipinski definition) is 1. The van der Waals surface area contributed by atoms with Crippen molar-refractivity contribution in [1.82, 2.24) is 9.62 Å². The monoisotopic (exact) mass is 322 g/mol. The lowest BCUT2D eigenvalue weighted by Gasteiger charge is -2.16. The van der Waals surface area contributed by atoms with Gasteiger partial charge in [-0.05, 0) is 36.5 Å². The van der Waals surface area contributed by atoms with Crippen LogP contribution in [0.4, 0.5) is 0 Å². The van der Waals surface area contributed by atoms with Gasteiger partial charge in [-0.1, -0.05) is 26.0 Å². The van der Waals surface area contributed by atoms with Crippen LogP contribution >= 0.6 is 0 Å². The van der Waals surface area contributed by atoms with Crippen molar-refractivity contribution in [3.8, 4) is 0 Å². The Labute approximate surface area is 131 Å². The highest BCUT2D eigenvalue weighted by Gasteiger charge is 2.40. The molecule has 6 heteroatoms. The Bertz CT molecular complexity index is 663. The maximum absolute atomic E-state index is 12.4. The van der Waals surface area contributed by atoms with E-state index in [2.05, 4.69) is 18.6 Å². The molecule has 2 fully saturated rings. The average molecular weight is 322 g/mol. The van der Waals surface area contributed by atoms with Crippen molar-refractivity contribution in [1.29, 1.82) is 0 Å². The third-order valence-electron chi connectivity index (χ3n) is 4.32. The second kappa shape index (κ2) is 5.66. The van der Waals surface area contributed by atoms with E-state index in [0.29, 0.717) is 18.5 Å². The van der Waals surface area contributed by atoms with Crippen LogP contribution in [0.15, 0.2) is 29.2 Å². The molecule has 1 heterocycles. The highest BCUT2D eigenvalue weighted by atomic mass is 32.2. The van der Waals surface area contributed by atoms with Crippen LogP contribution in [0.5, 0.6) is 0 Å². The number of amides is 1. The van der Waals surface area contributed by atoms with Gasteiger partial charge in [0.05, 0.1) is 4.90 Å². The summed E-state index contributed by atoms with van der Waals surface area (Å²) in [5.41, 5.74) is 1.11. The summed E-state index contributed by atoms with van der Waals surface area (Å²) >= 11 is 0. The Morgan fingerprint density at radius 1 is 1.18 bits per heavy atom. The number of carbonyl (C=O) groups is 1. The maximum Gasteiger partial charge on any atom is 0.240 e. The fourth-order valence-electron chi connectivity index (χ4n) is 2.87. The van der Waals surface area contributed by atoms with Gasteiger partial charge in [0.15, 0.2) is 0 Å². The van der Waals surface area contributed by atoms with Gasteiger partial charge < -0.3 is 4.90 Å². The van der Waals surface area contributed by atoms with Gasteiger partial charge in [0.2, 0.25) is 15.9 Å². The molecule has 120 valence electrons. The van der Waals surface area contributed by atoms with Gasteiger partial charge in [-0.3, -0.25) is 4.79 Å². The van der Waals surface area contributed by atoms with E-state index in [1.165, 1.54) is 0 Å². The number of benzene rings is 1. The zero-order chi connectivity index (χ0) is 15.9. The van der Waals surface area contributed by atoms with Crippen molar-refractivity contribution in [2.45, 2.75) is 56.0 Å². The van der Waals surface area contributed by atoms with Crippen LogP contribution in [-0.4, -0.2) is 37.9 Å². The van der Waals surface area contributed by atoms with Gasteiger partial charge in [0.25, 0.3) is 0 Å². The minimum Gasteiger partial charge on any atom is -0.338 e. The number of likely N-dealkylation sites (tertiary alicyclic amines) is 1. The molecule has 3 rings (SSSR count). The van der Waals surface area contributed by atoms with Gasteiger partial charge in [0, 0.05) is 25.0 Å². The lowest BCUT2D eigenvalue weighted by Crippen LogP contribution is -2.37. The standard InChI is InChI=1S/C16H22N2O3S/c1-11(2)12-3-7-15(8-4-12)22(20,21)17-13-9-16(19)18(10-13)14-5-6-14/h3-4,7-8,11,13-14,17H,5-6,9-10H2,1-2H3. The molecule has 1 saturated heterocycles. The van der Waals surface area contributed by atoms with E-state index in [9.17, 15) is 13.2 Å². The first kappa shape index (κ1) is 15.5. The first-order valence-electron chi connectivity index (χ1n) is 7.78. The Morgan fingerprint density at radius 3 is 2.36 bits per heavy atom. The first-order chi connectivity index (χ1) is 10.4. The SMILES string of the molecule is CC(C)c1ccc(S(=O)(=O)NC2CC(=O)N(C3CC3)C2)cc1. The minimum absolute atomic E-state index is 0.0605. The summed E-state index contributed by atoms with van der Waals surface area (Å²) in [5.74, 6) is 0.426. The fourth-order valence-corrected chi connectivity index (χ4v) is 4.10. The van der Waals surface area contributed by atoms with E-state index < -0.39 is 10.0 Å². The Kier molecular flexibility index (Phi) is 3.99. The van der Waals surface area contributed by atoms with Gasteiger partial charge >= 0.3 is 0 Å². The molecule has 0 radical (unpaired) electrons. The number of sulfonamides is 1. The molecule has 1 N–H and O–H groups in total. The molecule has 5 nitrogen and oxygen atoms in total. The molecular formula is C16H22N2O3S. The van der Waals surface area contributed by atoms with Crippen molar-refractivity contribution in [2.24, 2.45) is 0 Å². The Morgan fingerprint density at radius 2 is 1.82 bits per heavy atom. The summed E-state index contributed by atoms with van der Waals surface area (Å²) < 4.78 is 27.5. The highest BCUT2D eigenvalue weighted by Crippen LogP contribution is 2.31. The van der Waals surface area contributed by atoms with Gasteiger partial charge in [-0.15, -0.1) is 0 Å². The highest BCUT2D eigenvalue weighted by molar-refractivity contribution is 7.89. The smallest absolute Gasteiger partial charge is 0.240 e. The number of nitrogens with zero attached hydrogens (tertiary/aromatic N) is 1. The van der Waals surface area contributed by atoms with Crippen molar-refractivity contribution in [2.75, 3.05) is 6.54 Å². The molecule has 1 aromatic rings. The summed E-state index contributed by atoms with van der Waals surface area (Å²) in [6, 6.07) is 6.97. The van der Waals surface area contributed by atoms with Crippen LogP contribution in [-0.2, 0) is 14.8 Å². The predicted molar refractivity (Wildman–Crippen MR) is 84.0 cm³/mol. The molecule has 1 unspecified atom stereocenters. The van der Waals surface area contributed by atoms with E-state index >= 15 is 0 Å². The zero-order valence-electron chi connectivity index (χ0n) is 13.0. The van der Waals surface area contributed by atoms with Gasteiger partial charge in [-0.25, -0.2) is 13.1 Å². The van der Waals surface area contributed by atoms with Crippen LogP contribution in [0.2, 0.25) is 0 Å². The Hall–Kier alpha value is -1.40. The molecule has 2 aliphatic rings. The van der Waals surface area contributed by atoms with E-state index in [4.69, 9.17) is 0 Å². The lowest BCUT2D eigenvalue weighted by molar-refractivity contribution is -0.128. The fraction of sp³-hybridized carbons (Fsp3) is 0.562. The van der Waals surface area contributed by atoms with Gasteiger partial charge in [0.1, 0.15) is 0 Å². The second-order valence-corrected chi connectivity index (χ2v) is 8.24. The molecule has 1 amide bonds. The number of hydrogen-bond acceptors (Lipinski definition) is 3. The third-order valence-corrected chi connectivity index (χ3v) is 5.86. The normalized spacial score (nSPS) is 22.6. The molecule has 1 saturated carbocycles. The van der Waals surface area contributed by atoms with E-state index in [1.807, 2.05) is 17.0 Å². The molecule has 0 aromatic heterocycles. The third kappa shape index (κ3) is 3.17. The van der Waals surface area contributed by atoms with Gasteiger partial charge in [-0.2, -0.15) is 0 Å². The molecule has 1 aliphatic heterocycles. The minimum atomic E-state index is -3.57. The van der Waals surface area contributed by atoms with Crippen molar-refractivity contribution in [3.63, 3.8) is 0 Å². The molecule has 0 spiro atoms. The van der Waals surface area contributed by atoms with E-state index in [-0.39, 0.29) is 23.3 Å². The summed E-state index contributed by atoms with van der Waals surface area (Å²) in [4.78, 5) is 14.0. The molecular weight excluding hydrogens is 300 g/mol. The van der Waals surface area contributed by atoms with E-state index in [1.54, 1.807) is 12.1 Å². The number of nitrogens with one attached hydrogen (secondary N) is 1. The van der Waals surface area contributed by atoms with Crippen molar-refractivity contribution >= 4 is 15.9 Å². The summed E-state index contributed by atoms with van der Waals surface area (Å²) in [7, 11) is -3.57. The van der Waals surface area contributed by atoms with Crippen LogP contribution in [0, 0.1) is 0 Å². The maximum atomic E-state index is 12.4. The molecule has 1 aliphatic carbocycles. The molecule has 1 aromatic carbocycles. The predicted octanol–water partition coefficient (Wildman–Crippen LogP) is 1.85. The molecule has 22 heavy (non-hydrogen) atoms. The second-order valence-electron chi connectivity index (χ2n) is 6.52. The zero-order valence-corrected chi connectivity index (χ0v) is 13.8. The van der Waals surface area contributed by atoms with Crippen molar-refractivity contribution < 1.29 is 13.2 Å². The quantitative estimate of drug-likeness (QED) is 0.900. The van der Waals surface area contributed by atoms with Crippen LogP contribution in [0.1, 0.15) is 44.6 Å². The summed E-state index contributed by atoms with van der Waals surface area (Å²) in [6.07, 6.45) is 2.35. The number of rotatable bonds is 5. The first-order valence-corrected chi connectivity index (χ1v) is 9.27. The van der Waals surface area contributed by atoms with Crippen LogP contribution in [0.3, 0.4) is 0 Å². The Balaban J connectivity index is 1.69. The topological polar surface area (TPSA) is 66.5 Å². The summed E-state index contributed by atoms with van der Waals surface area (Å²) in [5, 5.41) is 0. The van der Waals surface area contributed by atoms with Crippen LogP contribution < -0.4 is 4.72 Å².